The van der Waals surface area contributed by atoms with Gasteiger partial charge in [0.15, 0.2) is 0 Å². The molecule has 0 bridgehead atoms. The van der Waals surface area contributed by atoms with Crippen LogP contribution in [0.2, 0.25) is 0 Å². The van der Waals surface area contributed by atoms with Gasteiger partial charge < -0.3 is 10.1 Å². The standard InChI is InChI=1S/C22H26N2O4/c1-22(2,3)28-21(25)23-19(13-9-17-7-5-4-6-8-17)14-10-18-11-15-20(16-12-18)24(26)27/h4-8,10-12,14-16,19H,9,13H2,1-3H3,(H,23,25)/t19-/m0/s1. The van der Waals surface area contributed by atoms with Gasteiger partial charge in [-0.15, -0.1) is 0 Å². The van der Waals surface area contributed by atoms with E-state index in [9.17, 15) is 14.9 Å². The number of carbonyl (C=O) groups excluding carboxylic acids is 1. The molecule has 2 aromatic rings. The number of benzene rings is 2. The molecule has 0 aliphatic rings. The number of ether oxygens (including phenoxy) is 1. The first-order valence-electron chi connectivity index (χ1n) is 9.19. The zero-order valence-electron chi connectivity index (χ0n) is 16.4. The summed E-state index contributed by atoms with van der Waals surface area (Å²) in [4.78, 5) is 22.5. The predicted octanol–water partition coefficient (Wildman–Crippen LogP) is 5.13. The molecule has 28 heavy (non-hydrogen) atoms. The third kappa shape index (κ3) is 7.61. The van der Waals surface area contributed by atoms with Gasteiger partial charge in [0.25, 0.3) is 5.69 Å². The lowest BCUT2D eigenvalue weighted by Crippen LogP contribution is -2.38. The van der Waals surface area contributed by atoms with E-state index in [1.54, 1.807) is 12.1 Å². The number of amides is 1. The molecule has 1 amide bonds. The summed E-state index contributed by atoms with van der Waals surface area (Å²) in [6, 6.07) is 16.1. The van der Waals surface area contributed by atoms with Crippen molar-refractivity contribution in [3.63, 3.8) is 0 Å². The van der Waals surface area contributed by atoms with Gasteiger partial charge in [-0.25, -0.2) is 4.79 Å². The number of rotatable bonds is 7. The lowest BCUT2D eigenvalue weighted by molar-refractivity contribution is -0.384. The second-order valence-corrected chi connectivity index (χ2v) is 7.48. The Labute approximate surface area is 165 Å². The highest BCUT2D eigenvalue weighted by Gasteiger charge is 2.18. The van der Waals surface area contributed by atoms with Gasteiger partial charge in [0.05, 0.1) is 11.0 Å². The lowest BCUT2D eigenvalue weighted by Gasteiger charge is -2.22. The van der Waals surface area contributed by atoms with Crippen molar-refractivity contribution in [3.05, 3.63) is 81.9 Å². The van der Waals surface area contributed by atoms with E-state index in [4.69, 9.17) is 4.74 Å². The van der Waals surface area contributed by atoms with E-state index in [1.165, 1.54) is 17.7 Å². The summed E-state index contributed by atoms with van der Waals surface area (Å²) < 4.78 is 5.36. The SMILES string of the molecule is CC(C)(C)OC(=O)N[C@H](C=Cc1ccc([N+](=O)[O-])cc1)CCc1ccccc1. The number of nitrogens with zero attached hydrogens (tertiary/aromatic N) is 1. The van der Waals surface area contributed by atoms with Crippen molar-refractivity contribution in [1.82, 2.24) is 5.32 Å². The summed E-state index contributed by atoms with van der Waals surface area (Å²) in [6.45, 7) is 5.45. The molecule has 1 N–H and O–H groups in total. The van der Waals surface area contributed by atoms with Gasteiger partial charge in [-0.05, 0) is 56.9 Å². The molecule has 6 heteroatoms. The number of alkyl carbamates (subject to hydrolysis) is 1. The fraction of sp³-hybridized carbons (Fsp3) is 0.318. The van der Waals surface area contributed by atoms with Crippen LogP contribution in [0, 0.1) is 10.1 Å². The predicted molar refractivity (Wildman–Crippen MR) is 110 cm³/mol. The summed E-state index contributed by atoms with van der Waals surface area (Å²) >= 11 is 0. The molecule has 2 aromatic carbocycles. The van der Waals surface area contributed by atoms with Gasteiger partial charge in [-0.2, -0.15) is 0 Å². The van der Waals surface area contributed by atoms with Crippen LogP contribution in [0.4, 0.5) is 10.5 Å². The van der Waals surface area contributed by atoms with Crippen molar-refractivity contribution in [1.29, 1.82) is 0 Å². The number of nitro groups is 1. The summed E-state index contributed by atoms with van der Waals surface area (Å²) in [5.74, 6) is 0. The van der Waals surface area contributed by atoms with Crippen molar-refractivity contribution in [2.45, 2.75) is 45.3 Å². The summed E-state index contributed by atoms with van der Waals surface area (Å²) in [5.41, 5.74) is 1.48. The van der Waals surface area contributed by atoms with Crippen molar-refractivity contribution in [3.8, 4) is 0 Å². The number of carbonyl (C=O) groups is 1. The third-order valence-corrected chi connectivity index (χ3v) is 3.91. The first-order valence-corrected chi connectivity index (χ1v) is 9.19. The Morgan fingerprint density at radius 1 is 1.14 bits per heavy atom. The van der Waals surface area contributed by atoms with Crippen LogP contribution in [0.5, 0.6) is 0 Å². The normalized spacial score (nSPS) is 12.5. The van der Waals surface area contributed by atoms with Gasteiger partial charge in [0.2, 0.25) is 0 Å². The van der Waals surface area contributed by atoms with Gasteiger partial charge in [0.1, 0.15) is 5.60 Å². The zero-order valence-corrected chi connectivity index (χ0v) is 16.4. The van der Waals surface area contributed by atoms with E-state index >= 15 is 0 Å². The molecule has 0 heterocycles. The van der Waals surface area contributed by atoms with Crippen molar-refractivity contribution < 1.29 is 14.5 Å². The number of non-ortho nitro benzene ring substituents is 1. The van der Waals surface area contributed by atoms with Crippen LogP contribution in [0.25, 0.3) is 6.08 Å². The molecule has 0 fully saturated rings. The monoisotopic (exact) mass is 382 g/mol. The Balaban J connectivity index is 2.07. The third-order valence-electron chi connectivity index (χ3n) is 3.91. The molecule has 1 atom stereocenters. The average molecular weight is 382 g/mol. The van der Waals surface area contributed by atoms with E-state index in [2.05, 4.69) is 5.32 Å². The van der Waals surface area contributed by atoms with E-state index in [1.807, 2.05) is 63.3 Å². The molecular weight excluding hydrogens is 356 g/mol. The second kappa shape index (κ2) is 9.69. The maximum atomic E-state index is 12.2. The van der Waals surface area contributed by atoms with E-state index in [-0.39, 0.29) is 11.7 Å². The highest BCUT2D eigenvalue weighted by atomic mass is 16.6. The average Bonchev–Trinajstić information content (AvgIpc) is 2.63. The molecule has 0 spiro atoms. The summed E-state index contributed by atoms with van der Waals surface area (Å²) in [5, 5.41) is 13.6. The van der Waals surface area contributed by atoms with Crippen molar-refractivity contribution in [2.24, 2.45) is 0 Å². The molecule has 148 valence electrons. The quantitative estimate of drug-likeness (QED) is 0.531. The Hall–Kier alpha value is -3.15. The largest absolute Gasteiger partial charge is 0.444 e. The number of hydrogen-bond acceptors (Lipinski definition) is 4. The number of nitro benzene ring substituents is 1. The molecule has 0 aromatic heterocycles. The maximum Gasteiger partial charge on any atom is 0.408 e. The Kier molecular flexibility index (Phi) is 7.32. The minimum atomic E-state index is -0.573. The Morgan fingerprint density at radius 3 is 2.36 bits per heavy atom. The zero-order chi connectivity index (χ0) is 20.6. The topological polar surface area (TPSA) is 81.5 Å². The van der Waals surface area contributed by atoms with Crippen LogP contribution in [-0.2, 0) is 11.2 Å². The second-order valence-electron chi connectivity index (χ2n) is 7.48. The summed E-state index contributed by atoms with van der Waals surface area (Å²) in [6.07, 6.45) is 4.75. The van der Waals surface area contributed by atoms with E-state index in [0.29, 0.717) is 6.42 Å². The maximum absolute atomic E-state index is 12.2. The molecule has 0 saturated carbocycles. The van der Waals surface area contributed by atoms with Crippen LogP contribution in [-0.4, -0.2) is 22.7 Å². The number of aryl methyl sites for hydroxylation is 1. The number of nitrogens with one attached hydrogen (secondary N) is 1. The molecule has 2 rings (SSSR count). The molecule has 0 aliphatic carbocycles. The molecule has 0 saturated heterocycles. The smallest absolute Gasteiger partial charge is 0.408 e. The van der Waals surface area contributed by atoms with Crippen molar-refractivity contribution >= 4 is 17.9 Å². The first kappa shape index (κ1) is 21.2. The van der Waals surface area contributed by atoms with Crippen LogP contribution in [0.3, 0.4) is 0 Å². The summed E-state index contributed by atoms with van der Waals surface area (Å²) in [7, 11) is 0. The Bertz CT molecular complexity index is 809. The number of hydrogen-bond donors (Lipinski definition) is 1. The van der Waals surface area contributed by atoms with E-state index < -0.39 is 16.6 Å². The molecule has 0 radical (unpaired) electrons. The molecular formula is C22H26N2O4. The van der Waals surface area contributed by atoms with Gasteiger partial charge in [-0.1, -0.05) is 42.5 Å². The highest BCUT2D eigenvalue weighted by Crippen LogP contribution is 2.14. The molecule has 0 unspecified atom stereocenters. The minimum absolute atomic E-state index is 0.0460. The van der Waals surface area contributed by atoms with Crippen LogP contribution in [0.1, 0.15) is 38.3 Å². The fourth-order valence-electron chi connectivity index (χ4n) is 2.58. The molecule has 0 aliphatic heterocycles. The fourth-order valence-corrected chi connectivity index (χ4v) is 2.58. The van der Waals surface area contributed by atoms with Crippen LogP contribution in [0.15, 0.2) is 60.7 Å². The lowest BCUT2D eigenvalue weighted by atomic mass is 10.0. The van der Waals surface area contributed by atoms with Crippen LogP contribution < -0.4 is 5.32 Å². The Morgan fingerprint density at radius 2 is 1.79 bits per heavy atom. The molecule has 6 nitrogen and oxygen atoms in total. The van der Waals surface area contributed by atoms with E-state index in [0.717, 1.165) is 12.0 Å². The first-order chi connectivity index (χ1) is 13.2. The van der Waals surface area contributed by atoms with Gasteiger partial charge in [-0.3, -0.25) is 10.1 Å². The highest BCUT2D eigenvalue weighted by molar-refractivity contribution is 5.68. The van der Waals surface area contributed by atoms with Gasteiger partial charge in [0, 0.05) is 12.1 Å². The minimum Gasteiger partial charge on any atom is -0.444 e. The van der Waals surface area contributed by atoms with Crippen LogP contribution >= 0.6 is 0 Å². The van der Waals surface area contributed by atoms with Gasteiger partial charge >= 0.3 is 6.09 Å². The van der Waals surface area contributed by atoms with Crippen molar-refractivity contribution in [2.75, 3.05) is 0 Å².